The van der Waals surface area contributed by atoms with Crippen LogP contribution in [0.4, 0.5) is 5.82 Å². The van der Waals surface area contributed by atoms with Crippen molar-refractivity contribution in [2.45, 2.75) is 19.4 Å². The van der Waals surface area contributed by atoms with Crippen molar-refractivity contribution >= 4 is 11.7 Å². The van der Waals surface area contributed by atoms with E-state index < -0.39 is 0 Å². The molecule has 1 aromatic heterocycles. The molecule has 6 heteroatoms. The Kier molecular flexibility index (Phi) is 4.40. The number of anilines is 1. The molecule has 0 aromatic carbocycles. The van der Waals surface area contributed by atoms with Gasteiger partial charge in [0.05, 0.1) is 24.9 Å². The smallest absolute Gasteiger partial charge is 0.274 e. The monoisotopic (exact) mass is 233 g/mol. The highest BCUT2D eigenvalue weighted by atomic mass is 16.2. The normalized spacial score (nSPS) is 11.4. The lowest BCUT2D eigenvalue weighted by atomic mass is 10.2. The Bertz CT molecular complexity index is 422. The zero-order valence-electron chi connectivity index (χ0n) is 10.1. The predicted octanol–water partition coefficient (Wildman–Crippen LogP) is 0.892. The molecule has 0 spiro atoms. The molecule has 0 radical (unpaired) electrons. The van der Waals surface area contributed by atoms with Gasteiger partial charge in [-0.2, -0.15) is 5.26 Å². The van der Waals surface area contributed by atoms with Gasteiger partial charge in [0, 0.05) is 20.1 Å². The van der Waals surface area contributed by atoms with Gasteiger partial charge in [0.25, 0.3) is 5.91 Å². The van der Waals surface area contributed by atoms with E-state index in [4.69, 9.17) is 5.26 Å². The zero-order chi connectivity index (χ0) is 12.8. The lowest BCUT2D eigenvalue weighted by Crippen LogP contribution is -2.35. The molecule has 1 atom stereocenters. The van der Waals surface area contributed by atoms with Crippen LogP contribution in [-0.2, 0) is 0 Å². The van der Waals surface area contributed by atoms with E-state index >= 15 is 0 Å². The molecule has 1 N–H and O–H groups in total. The summed E-state index contributed by atoms with van der Waals surface area (Å²) in [5.41, 5.74) is 0.274. The molecule has 0 saturated carbocycles. The molecule has 6 nitrogen and oxygen atoms in total. The Morgan fingerprint density at radius 1 is 1.59 bits per heavy atom. The fourth-order valence-electron chi connectivity index (χ4n) is 1.22. The van der Waals surface area contributed by atoms with Gasteiger partial charge in [0.2, 0.25) is 0 Å². The van der Waals surface area contributed by atoms with Crippen LogP contribution in [0.1, 0.15) is 23.8 Å². The molecule has 0 aliphatic carbocycles. The Balaban J connectivity index is 2.78. The minimum atomic E-state index is -0.233. The number of carbonyl (C=O) groups excluding carboxylic acids is 1. The van der Waals surface area contributed by atoms with E-state index in [-0.39, 0.29) is 17.6 Å². The van der Waals surface area contributed by atoms with E-state index in [2.05, 4.69) is 15.3 Å². The van der Waals surface area contributed by atoms with Gasteiger partial charge in [-0.15, -0.1) is 0 Å². The number of nitrogens with one attached hydrogen (secondary N) is 1. The maximum absolute atomic E-state index is 12.0. The number of amides is 1. The first-order chi connectivity index (χ1) is 8.10. The van der Waals surface area contributed by atoms with Crippen molar-refractivity contribution in [2.75, 3.05) is 19.4 Å². The summed E-state index contributed by atoms with van der Waals surface area (Å²) in [6, 6.07) is 1.89. The largest absolute Gasteiger partial charge is 0.372 e. The first kappa shape index (κ1) is 12.9. The molecule has 1 unspecified atom stereocenters. The second-order valence-electron chi connectivity index (χ2n) is 3.66. The van der Waals surface area contributed by atoms with Crippen molar-refractivity contribution in [3.63, 3.8) is 0 Å². The lowest BCUT2D eigenvalue weighted by Gasteiger charge is -2.22. The highest BCUT2D eigenvalue weighted by Gasteiger charge is 2.18. The Hall–Kier alpha value is -2.16. The van der Waals surface area contributed by atoms with Crippen molar-refractivity contribution in [3.05, 3.63) is 18.1 Å². The SMILES string of the molecule is CNc1cnc(C(=O)N(C)C(C)CC#N)cn1. The van der Waals surface area contributed by atoms with Gasteiger partial charge in [-0.05, 0) is 6.92 Å². The molecular weight excluding hydrogens is 218 g/mol. The number of nitrogens with zero attached hydrogens (tertiary/aromatic N) is 4. The second-order valence-corrected chi connectivity index (χ2v) is 3.66. The average Bonchev–Trinajstić information content (AvgIpc) is 2.37. The van der Waals surface area contributed by atoms with Gasteiger partial charge in [-0.25, -0.2) is 9.97 Å². The molecule has 1 rings (SSSR count). The Labute approximate surface area is 100 Å². The number of hydrogen-bond donors (Lipinski definition) is 1. The minimum absolute atomic E-state index is 0.140. The molecule has 17 heavy (non-hydrogen) atoms. The fraction of sp³-hybridized carbons (Fsp3) is 0.455. The van der Waals surface area contributed by atoms with E-state index in [9.17, 15) is 4.79 Å². The van der Waals surface area contributed by atoms with Gasteiger partial charge < -0.3 is 10.2 Å². The first-order valence-electron chi connectivity index (χ1n) is 5.24. The van der Waals surface area contributed by atoms with Crippen molar-refractivity contribution in [2.24, 2.45) is 0 Å². The van der Waals surface area contributed by atoms with Gasteiger partial charge in [-0.1, -0.05) is 0 Å². The van der Waals surface area contributed by atoms with Crippen LogP contribution in [0.3, 0.4) is 0 Å². The molecule has 90 valence electrons. The van der Waals surface area contributed by atoms with Crippen LogP contribution in [0.15, 0.2) is 12.4 Å². The van der Waals surface area contributed by atoms with Crippen LogP contribution in [0.25, 0.3) is 0 Å². The number of carbonyl (C=O) groups is 1. The summed E-state index contributed by atoms with van der Waals surface area (Å²) < 4.78 is 0. The van der Waals surface area contributed by atoms with Crippen LogP contribution in [-0.4, -0.2) is 40.9 Å². The van der Waals surface area contributed by atoms with Crippen LogP contribution in [0.2, 0.25) is 0 Å². The average molecular weight is 233 g/mol. The quantitative estimate of drug-likeness (QED) is 0.835. The van der Waals surface area contributed by atoms with E-state index in [0.29, 0.717) is 12.2 Å². The van der Waals surface area contributed by atoms with E-state index in [1.807, 2.05) is 13.0 Å². The summed E-state index contributed by atoms with van der Waals surface area (Å²) in [7, 11) is 3.38. The van der Waals surface area contributed by atoms with Crippen molar-refractivity contribution in [3.8, 4) is 6.07 Å². The number of nitriles is 1. The van der Waals surface area contributed by atoms with Gasteiger partial charge in [0.15, 0.2) is 0 Å². The zero-order valence-corrected chi connectivity index (χ0v) is 10.1. The summed E-state index contributed by atoms with van der Waals surface area (Å²) in [4.78, 5) is 21.5. The minimum Gasteiger partial charge on any atom is -0.372 e. The fourth-order valence-corrected chi connectivity index (χ4v) is 1.22. The molecular formula is C11H15N5O. The third-order valence-electron chi connectivity index (χ3n) is 2.50. The van der Waals surface area contributed by atoms with Gasteiger partial charge in [-0.3, -0.25) is 4.79 Å². The standard InChI is InChI=1S/C11H15N5O/c1-8(4-5-12)16(3)11(17)9-6-15-10(13-2)7-14-9/h6-8H,4H2,1-3H3,(H,13,15). The summed E-state index contributed by atoms with van der Waals surface area (Å²) in [5, 5.41) is 11.4. The molecule has 0 fully saturated rings. The first-order valence-corrected chi connectivity index (χ1v) is 5.24. The molecule has 0 aliphatic rings. The molecule has 1 amide bonds. The van der Waals surface area contributed by atoms with Crippen LogP contribution < -0.4 is 5.32 Å². The Morgan fingerprint density at radius 3 is 2.76 bits per heavy atom. The topological polar surface area (TPSA) is 81.9 Å². The van der Waals surface area contributed by atoms with Gasteiger partial charge in [0.1, 0.15) is 11.5 Å². The maximum atomic E-state index is 12.0. The van der Waals surface area contributed by atoms with Crippen LogP contribution >= 0.6 is 0 Å². The maximum Gasteiger partial charge on any atom is 0.274 e. The summed E-state index contributed by atoms with van der Waals surface area (Å²) in [6.45, 7) is 1.82. The lowest BCUT2D eigenvalue weighted by molar-refractivity contribution is 0.0740. The van der Waals surface area contributed by atoms with Gasteiger partial charge >= 0.3 is 0 Å². The summed E-state index contributed by atoms with van der Waals surface area (Å²) in [5.74, 6) is 0.372. The molecule has 0 saturated heterocycles. The molecule has 0 bridgehead atoms. The third kappa shape index (κ3) is 3.14. The summed E-state index contributed by atoms with van der Waals surface area (Å²) >= 11 is 0. The molecule has 0 aliphatic heterocycles. The number of aromatic nitrogens is 2. The highest BCUT2D eigenvalue weighted by Crippen LogP contribution is 2.07. The predicted molar refractivity (Wildman–Crippen MR) is 63.4 cm³/mol. The second kappa shape index (κ2) is 5.80. The highest BCUT2D eigenvalue weighted by molar-refractivity contribution is 5.92. The number of hydrogen-bond acceptors (Lipinski definition) is 5. The van der Waals surface area contributed by atoms with E-state index in [1.54, 1.807) is 14.1 Å². The number of rotatable bonds is 4. The summed E-state index contributed by atoms with van der Waals surface area (Å²) in [6.07, 6.45) is 3.21. The molecule has 1 aromatic rings. The van der Waals surface area contributed by atoms with Crippen LogP contribution in [0.5, 0.6) is 0 Å². The Morgan fingerprint density at radius 2 is 2.29 bits per heavy atom. The van der Waals surface area contributed by atoms with Crippen molar-refractivity contribution < 1.29 is 4.79 Å². The van der Waals surface area contributed by atoms with Crippen molar-refractivity contribution in [1.82, 2.24) is 14.9 Å². The third-order valence-corrected chi connectivity index (χ3v) is 2.50. The van der Waals surface area contributed by atoms with E-state index in [1.165, 1.54) is 17.3 Å². The van der Waals surface area contributed by atoms with Crippen LogP contribution in [0, 0.1) is 11.3 Å². The van der Waals surface area contributed by atoms with Crippen molar-refractivity contribution in [1.29, 1.82) is 5.26 Å². The van der Waals surface area contributed by atoms with E-state index in [0.717, 1.165) is 0 Å². The molecule has 1 heterocycles.